The lowest BCUT2D eigenvalue weighted by Crippen LogP contribution is -2.29. The van der Waals surface area contributed by atoms with Gasteiger partial charge in [0.15, 0.2) is 0 Å². The van der Waals surface area contributed by atoms with Crippen LogP contribution in [0, 0.1) is 12.8 Å². The molecule has 0 aliphatic carbocycles. The first-order valence-corrected chi connectivity index (χ1v) is 10.8. The van der Waals surface area contributed by atoms with Gasteiger partial charge >= 0.3 is 0 Å². The van der Waals surface area contributed by atoms with Crippen LogP contribution < -0.4 is 15.0 Å². The fourth-order valence-corrected chi connectivity index (χ4v) is 4.12. The van der Waals surface area contributed by atoms with E-state index in [-0.39, 0.29) is 18.2 Å². The van der Waals surface area contributed by atoms with Crippen molar-refractivity contribution in [3.05, 3.63) is 70.3 Å². The first-order chi connectivity index (χ1) is 15.0. The summed E-state index contributed by atoms with van der Waals surface area (Å²) in [6.45, 7) is 2.78. The van der Waals surface area contributed by atoms with E-state index in [0.717, 1.165) is 15.6 Å². The van der Waals surface area contributed by atoms with Crippen LogP contribution in [0.2, 0.25) is 0 Å². The molecule has 2 heterocycles. The lowest BCUT2D eigenvalue weighted by atomic mass is 10.1. The summed E-state index contributed by atoms with van der Waals surface area (Å²) in [7, 11) is 1.57. The number of carbonyl (C=O) groups excluding carboxylic acids is 2. The van der Waals surface area contributed by atoms with Crippen molar-refractivity contribution in [1.82, 2.24) is 9.78 Å². The molecule has 2 aromatic carbocycles. The average Bonchev–Trinajstić information content (AvgIpc) is 3.36. The summed E-state index contributed by atoms with van der Waals surface area (Å²) in [4.78, 5) is 27.3. The maximum Gasteiger partial charge on any atom is 0.230 e. The average molecular weight is 483 g/mol. The number of rotatable bonds is 6. The summed E-state index contributed by atoms with van der Waals surface area (Å²) in [5.41, 5.74) is 2.77. The predicted octanol–water partition coefficient (Wildman–Crippen LogP) is 4.00. The molecular formula is C23H23BrN4O3. The molecule has 160 valence electrons. The van der Waals surface area contributed by atoms with Crippen molar-refractivity contribution in [1.29, 1.82) is 0 Å². The molecule has 3 aromatic rings. The zero-order valence-electron chi connectivity index (χ0n) is 17.3. The normalized spacial score (nSPS) is 15.9. The molecule has 1 N–H and O–H groups in total. The molecule has 1 fully saturated rings. The smallest absolute Gasteiger partial charge is 0.230 e. The minimum Gasteiger partial charge on any atom is -0.495 e. The SMILES string of the molecule is COc1ccc(C)cc1N1CC(C(=O)Nc2ccnn2Cc2ccccc2Br)CC1=O. The van der Waals surface area contributed by atoms with Crippen LogP contribution in [0.5, 0.6) is 5.75 Å². The topological polar surface area (TPSA) is 76.5 Å². The van der Waals surface area contributed by atoms with Crippen LogP contribution in [-0.2, 0) is 16.1 Å². The van der Waals surface area contributed by atoms with E-state index in [1.165, 1.54) is 0 Å². The second-order valence-electron chi connectivity index (χ2n) is 7.54. The molecule has 7 nitrogen and oxygen atoms in total. The summed E-state index contributed by atoms with van der Waals surface area (Å²) in [5.74, 6) is 0.470. The highest BCUT2D eigenvalue weighted by Crippen LogP contribution is 2.34. The van der Waals surface area contributed by atoms with Crippen LogP contribution in [0.3, 0.4) is 0 Å². The highest BCUT2D eigenvalue weighted by molar-refractivity contribution is 9.10. The van der Waals surface area contributed by atoms with Crippen molar-refractivity contribution >= 4 is 39.2 Å². The summed E-state index contributed by atoms with van der Waals surface area (Å²) in [6, 6.07) is 15.3. The van der Waals surface area contributed by atoms with Gasteiger partial charge in [-0.25, -0.2) is 4.68 Å². The van der Waals surface area contributed by atoms with E-state index in [0.29, 0.717) is 30.3 Å². The highest BCUT2D eigenvalue weighted by Gasteiger charge is 2.36. The van der Waals surface area contributed by atoms with Crippen LogP contribution in [0.15, 0.2) is 59.2 Å². The van der Waals surface area contributed by atoms with Gasteiger partial charge in [0.25, 0.3) is 0 Å². The van der Waals surface area contributed by atoms with Gasteiger partial charge in [0.05, 0.1) is 31.5 Å². The molecule has 1 unspecified atom stereocenters. The van der Waals surface area contributed by atoms with Crippen LogP contribution in [0.4, 0.5) is 11.5 Å². The number of aryl methyl sites for hydroxylation is 1. The molecule has 0 radical (unpaired) electrons. The third-order valence-electron chi connectivity index (χ3n) is 5.37. The quantitative estimate of drug-likeness (QED) is 0.575. The van der Waals surface area contributed by atoms with Crippen molar-refractivity contribution in [2.75, 3.05) is 23.9 Å². The molecule has 2 amide bonds. The summed E-state index contributed by atoms with van der Waals surface area (Å²) in [5, 5.41) is 7.27. The Kier molecular flexibility index (Phi) is 6.08. The van der Waals surface area contributed by atoms with Gasteiger partial charge in [-0.05, 0) is 36.2 Å². The number of aromatic nitrogens is 2. The Balaban J connectivity index is 1.48. The Hall–Kier alpha value is -3.13. The Morgan fingerprint density at radius 3 is 2.84 bits per heavy atom. The minimum absolute atomic E-state index is 0.0919. The molecule has 4 rings (SSSR count). The first kappa shape index (κ1) is 21.1. The standard InChI is InChI=1S/C23H23BrN4O3/c1-15-7-8-20(31-2)19(11-15)27-13-17(12-22(27)29)23(30)26-21-9-10-25-28(21)14-16-5-3-4-6-18(16)24/h3-11,17H,12-14H2,1-2H3,(H,26,30). The van der Waals surface area contributed by atoms with Gasteiger partial charge in [-0.15, -0.1) is 0 Å². The van der Waals surface area contributed by atoms with E-state index >= 15 is 0 Å². The van der Waals surface area contributed by atoms with E-state index in [9.17, 15) is 9.59 Å². The summed E-state index contributed by atoms with van der Waals surface area (Å²) >= 11 is 3.54. The fourth-order valence-electron chi connectivity index (χ4n) is 3.71. The van der Waals surface area contributed by atoms with E-state index in [4.69, 9.17) is 4.74 Å². The number of hydrogen-bond donors (Lipinski definition) is 1. The third kappa shape index (κ3) is 4.49. The molecule has 1 atom stereocenters. The number of benzene rings is 2. The second kappa shape index (κ2) is 8.93. The van der Waals surface area contributed by atoms with E-state index < -0.39 is 5.92 Å². The molecule has 1 aliphatic heterocycles. The number of methoxy groups -OCH3 is 1. The van der Waals surface area contributed by atoms with E-state index in [1.54, 1.807) is 29.0 Å². The number of halogens is 1. The van der Waals surface area contributed by atoms with Crippen molar-refractivity contribution < 1.29 is 14.3 Å². The Bertz CT molecular complexity index is 1130. The molecular weight excluding hydrogens is 460 g/mol. The number of amides is 2. The monoisotopic (exact) mass is 482 g/mol. The number of nitrogens with one attached hydrogen (secondary N) is 1. The van der Waals surface area contributed by atoms with Crippen LogP contribution in [-0.4, -0.2) is 35.2 Å². The Morgan fingerprint density at radius 2 is 2.06 bits per heavy atom. The van der Waals surface area contributed by atoms with Crippen molar-refractivity contribution in [2.24, 2.45) is 5.92 Å². The maximum absolute atomic E-state index is 13.0. The van der Waals surface area contributed by atoms with Crippen LogP contribution in [0.1, 0.15) is 17.5 Å². The molecule has 1 aromatic heterocycles. The van der Waals surface area contributed by atoms with Crippen molar-refractivity contribution in [3.63, 3.8) is 0 Å². The third-order valence-corrected chi connectivity index (χ3v) is 6.14. The van der Waals surface area contributed by atoms with Gasteiger partial charge < -0.3 is 15.0 Å². The van der Waals surface area contributed by atoms with Crippen molar-refractivity contribution in [3.8, 4) is 5.75 Å². The van der Waals surface area contributed by atoms with Crippen LogP contribution in [0.25, 0.3) is 0 Å². The molecule has 1 saturated heterocycles. The van der Waals surface area contributed by atoms with Crippen LogP contribution >= 0.6 is 15.9 Å². The number of carbonyl (C=O) groups is 2. The van der Waals surface area contributed by atoms with Gasteiger partial charge in [0.1, 0.15) is 11.6 Å². The lowest BCUT2D eigenvalue weighted by molar-refractivity contribution is -0.122. The molecule has 0 saturated carbocycles. The molecule has 31 heavy (non-hydrogen) atoms. The predicted molar refractivity (Wildman–Crippen MR) is 122 cm³/mol. The molecule has 0 spiro atoms. The molecule has 1 aliphatic rings. The van der Waals surface area contributed by atoms with Gasteiger partial charge in [0.2, 0.25) is 11.8 Å². The first-order valence-electron chi connectivity index (χ1n) is 9.97. The number of ether oxygens (including phenoxy) is 1. The number of nitrogens with zero attached hydrogens (tertiary/aromatic N) is 3. The lowest BCUT2D eigenvalue weighted by Gasteiger charge is -2.20. The van der Waals surface area contributed by atoms with E-state index in [1.807, 2.05) is 49.4 Å². The Morgan fingerprint density at radius 1 is 1.26 bits per heavy atom. The molecule has 0 bridgehead atoms. The maximum atomic E-state index is 13.0. The summed E-state index contributed by atoms with van der Waals surface area (Å²) < 4.78 is 8.12. The van der Waals surface area contributed by atoms with Gasteiger partial charge in [0, 0.05) is 23.5 Å². The van der Waals surface area contributed by atoms with Gasteiger partial charge in [-0.1, -0.05) is 40.2 Å². The van der Waals surface area contributed by atoms with Gasteiger partial charge in [-0.2, -0.15) is 5.10 Å². The number of anilines is 2. The zero-order valence-corrected chi connectivity index (χ0v) is 18.9. The summed E-state index contributed by atoms with van der Waals surface area (Å²) in [6.07, 6.45) is 1.80. The number of hydrogen-bond acceptors (Lipinski definition) is 4. The van der Waals surface area contributed by atoms with Gasteiger partial charge in [-0.3, -0.25) is 9.59 Å². The fraction of sp³-hybridized carbons (Fsp3) is 0.261. The van der Waals surface area contributed by atoms with E-state index in [2.05, 4.69) is 26.3 Å². The Labute approximate surface area is 189 Å². The second-order valence-corrected chi connectivity index (χ2v) is 8.39. The minimum atomic E-state index is -0.454. The molecule has 8 heteroatoms. The highest BCUT2D eigenvalue weighted by atomic mass is 79.9. The zero-order chi connectivity index (χ0) is 22.0. The largest absolute Gasteiger partial charge is 0.495 e. The van der Waals surface area contributed by atoms with Crippen molar-refractivity contribution in [2.45, 2.75) is 19.9 Å².